The lowest BCUT2D eigenvalue weighted by Gasteiger charge is -2.23. The SMILES string of the molecule is Cc1cnc(C(C)NCC2CC3CCC2C3)o1. The summed E-state index contributed by atoms with van der Waals surface area (Å²) >= 11 is 0. The highest BCUT2D eigenvalue weighted by atomic mass is 16.4. The van der Waals surface area contributed by atoms with Crippen LogP contribution in [0.5, 0.6) is 0 Å². The Balaban J connectivity index is 1.51. The van der Waals surface area contributed by atoms with Crippen molar-refractivity contribution < 1.29 is 4.42 Å². The van der Waals surface area contributed by atoms with Gasteiger partial charge in [-0.05, 0) is 57.4 Å². The number of aromatic nitrogens is 1. The number of oxazole rings is 1. The van der Waals surface area contributed by atoms with Gasteiger partial charge in [0.15, 0.2) is 0 Å². The molecule has 0 radical (unpaired) electrons. The van der Waals surface area contributed by atoms with E-state index in [-0.39, 0.29) is 6.04 Å². The zero-order chi connectivity index (χ0) is 11.8. The summed E-state index contributed by atoms with van der Waals surface area (Å²) in [7, 11) is 0. The lowest BCUT2D eigenvalue weighted by atomic mass is 9.89. The standard InChI is InChI=1S/C14H22N2O/c1-9-7-16-14(17-9)10(2)15-8-13-6-11-3-4-12(13)5-11/h7,10-13,15H,3-6,8H2,1-2H3. The van der Waals surface area contributed by atoms with Gasteiger partial charge in [0.1, 0.15) is 5.76 Å². The first-order chi connectivity index (χ1) is 8.22. The third-order valence-corrected chi connectivity index (χ3v) is 4.58. The average molecular weight is 234 g/mol. The fourth-order valence-electron chi connectivity index (χ4n) is 3.61. The summed E-state index contributed by atoms with van der Waals surface area (Å²) in [6.07, 6.45) is 7.66. The van der Waals surface area contributed by atoms with Crippen LogP contribution in [0.3, 0.4) is 0 Å². The van der Waals surface area contributed by atoms with Crippen LogP contribution in [0.25, 0.3) is 0 Å². The Hall–Kier alpha value is -0.830. The topological polar surface area (TPSA) is 38.1 Å². The molecule has 2 saturated carbocycles. The molecule has 0 saturated heterocycles. The van der Waals surface area contributed by atoms with Crippen LogP contribution in [0.15, 0.2) is 10.6 Å². The van der Waals surface area contributed by atoms with Crippen LogP contribution >= 0.6 is 0 Å². The summed E-state index contributed by atoms with van der Waals surface area (Å²) in [5.41, 5.74) is 0. The van der Waals surface area contributed by atoms with Crippen molar-refractivity contribution in [1.29, 1.82) is 0 Å². The summed E-state index contributed by atoms with van der Waals surface area (Å²) in [4.78, 5) is 4.28. The Morgan fingerprint density at radius 1 is 1.47 bits per heavy atom. The molecule has 1 aromatic heterocycles. The second-order valence-corrected chi connectivity index (χ2v) is 5.87. The maximum Gasteiger partial charge on any atom is 0.211 e. The van der Waals surface area contributed by atoms with Crippen molar-refractivity contribution in [3.05, 3.63) is 17.8 Å². The second kappa shape index (κ2) is 4.45. The molecular formula is C14H22N2O. The zero-order valence-corrected chi connectivity index (χ0v) is 10.8. The predicted molar refractivity (Wildman–Crippen MR) is 66.6 cm³/mol. The van der Waals surface area contributed by atoms with E-state index in [0.717, 1.165) is 35.9 Å². The molecule has 4 atom stereocenters. The van der Waals surface area contributed by atoms with Crippen LogP contribution in [-0.2, 0) is 0 Å². The fraction of sp³-hybridized carbons (Fsp3) is 0.786. The minimum absolute atomic E-state index is 0.239. The fourth-order valence-corrected chi connectivity index (χ4v) is 3.61. The largest absolute Gasteiger partial charge is 0.444 e. The molecule has 4 unspecified atom stereocenters. The van der Waals surface area contributed by atoms with Crippen molar-refractivity contribution in [2.45, 2.75) is 45.6 Å². The molecule has 0 amide bonds. The van der Waals surface area contributed by atoms with E-state index < -0.39 is 0 Å². The van der Waals surface area contributed by atoms with E-state index in [1.54, 1.807) is 6.20 Å². The van der Waals surface area contributed by atoms with Gasteiger partial charge in [-0.3, -0.25) is 0 Å². The molecule has 2 aliphatic carbocycles. The quantitative estimate of drug-likeness (QED) is 0.870. The summed E-state index contributed by atoms with van der Waals surface area (Å²) in [6, 6.07) is 0.239. The van der Waals surface area contributed by atoms with Crippen LogP contribution in [0.4, 0.5) is 0 Å². The molecule has 1 aromatic rings. The number of hydrogen-bond donors (Lipinski definition) is 1. The minimum Gasteiger partial charge on any atom is -0.444 e. The van der Waals surface area contributed by atoms with Crippen LogP contribution in [0.1, 0.15) is 50.3 Å². The van der Waals surface area contributed by atoms with E-state index in [9.17, 15) is 0 Å². The van der Waals surface area contributed by atoms with Gasteiger partial charge in [-0.25, -0.2) is 4.98 Å². The van der Waals surface area contributed by atoms with Gasteiger partial charge in [-0.15, -0.1) is 0 Å². The number of hydrogen-bond acceptors (Lipinski definition) is 3. The van der Waals surface area contributed by atoms with Crippen molar-refractivity contribution in [3.8, 4) is 0 Å². The number of aryl methyl sites for hydroxylation is 1. The van der Waals surface area contributed by atoms with Crippen molar-refractivity contribution in [2.75, 3.05) is 6.54 Å². The second-order valence-electron chi connectivity index (χ2n) is 5.87. The van der Waals surface area contributed by atoms with Gasteiger partial charge >= 0.3 is 0 Å². The van der Waals surface area contributed by atoms with Gasteiger partial charge in [-0.2, -0.15) is 0 Å². The number of nitrogens with one attached hydrogen (secondary N) is 1. The molecule has 2 aliphatic rings. The molecule has 3 heteroatoms. The lowest BCUT2D eigenvalue weighted by Crippen LogP contribution is -2.28. The van der Waals surface area contributed by atoms with Crippen molar-refractivity contribution in [2.24, 2.45) is 17.8 Å². The third-order valence-electron chi connectivity index (χ3n) is 4.58. The number of rotatable bonds is 4. The third kappa shape index (κ3) is 2.25. The Morgan fingerprint density at radius 3 is 2.94 bits per heavy atom. The molecule has 3 rings (SSSR count). The van der Waals surface area contributed by atoms with Crippen LogP contribution in [0.2, 0.25) is 0 Å². The maximum absolute atomic E-state index is 5.55. The summed E-state index contributed by atoms with van der Waals surface area (Å²) < 4.78 is 5.55. The highest BCUT2D eigenvalue weighted by Crippen LogP contribution is 2.48. The first-order valence-electron chi connectivity index (χ1n) is 6.88. The molecule has 94 valence electrons. The molecule has 2 fully saturated rings. The van der Waals surface area contributed by atoms with Gasteiger partial charge in [-0.1, -0.05) is 6.42 Å². The summed E-state index contributed by atoms with van der Waals surface area (Å²) in [5.74, 6) is 4.64. The molecule has 17 heavy (non-hydrogen) atoms. The van der Waals surface area contributed by atoms with E-state index in [1.807, 2.05) is 6.92 Å². The van der Waals surface area contributed by atoms with E-state index in [0.29, 0.717) is 0 Å². The maximum atomic E-state index is 5.55. The monoisotopic (exact) mass is 234 g/mol. The van der Waals surface area contributed by atoms with E-state index >= 15 is 0 Å². The summed E-state index contributed by atoms with van der Waals surface area (Å²) in [6.45, 7) is 5.21. The van der Waals surface area contributed by atoms with E-state index in [2.05, 4.69) is 17.2 Å². The van der Waals surface area contributed by atoms with Crippen LogP contribution in [0, 0.1) is 24.7 Å². The molecule has 1 heterocycles. The van der Waals surface area contributed by atoms with Crippen molar-refractivity contribution in [1.82, 2.24) is 10.3 Å². The molecule has 1 N–H and O–H groups in total. The minimum atomic E-state index is 0.239. The van der Waals surface area contributed by atoms with Gasteiger partial charge < -0.3 is 9.73 Å². The number of fused-ring (bicyclic) bond motifs is 2. The molecule has 3 nitrogen and oxygen atoms in total. The summed E-state index contributed by atoms with van der Waals surface area (Å²) in [5, 5.41) is 3.58. The molecule has 0 aliphatic heterocycles. The van der Waals surface area contributed by atoms with Gasteiger partial charge in [0.25, 0.3) is 0 Å². The zero-order valence-electron chi connectivity index (χ0n) is 10.8. The first kappa shape index (κ1) is 11.3. The Bertz CT molecular complexity index is 387. The lowest BCUT2D eigenvalue weighted by molar-refractivity contribution is 0.297. The molecular weight excluding hydrogens is 212 g/mol. The number of nitrogens with zero attached hydrogens (tertiary/aromatic N) is 1. The van der Waals surface area contributed by atoms with E-state index in [1.165, 1.54) is 25.7 Å². The molecule has 2 bridgehead atoms. The van der Waals surface area contributed by atoms with Gasteiger partial charge in [0.05, 0.1) is 12.2 Å². The van der Waals surface area contributed by atoms with E-state index in [4.69, 9.17) is 4.42 Å². The first-order valence-corrected chi connectivity index (χ1v) is 6.88. The van der Waals surface area contributed by atoms with Crippen LogP contribution in [-0.4, -0.2) is 11.5 Å². The van der Waals surface area contributed by atoms with Crippen molar-refractivity contribution in [3.63, 3.8) is 0 Å². The van der Waals surface area contributed by atoms with Crippen LogP contribution < -0.4 is 5.32 Å². The highest BCUT2D eigenvalue weighted by Gasteiger charge is 2.39. The predicted octanol–water partition coefficient (Wildman–Crippen LogP) is 3.07. The Morgan fingerprint density at radius 2 is 2.35 bits per heavy atom. The normalized spacial score (nSPS) is 33.2. The molecule has 0 aromatic carbocycles. The Labute approximate surface area is 103 Å². The van der Waals surface area contributed by atoms with Crippen molar-refractivity contribution >= 4 is 0 Å². The molecule has 0 spiro atoms. The van der Waals surface area contributed by atoms with Gasteiger partial charge in [0.2, 0.25) is 5.89 Å². The highest BCUT2D eigenvalue weighted by molar-refractivity contribution is 4.96. The smallest absolute Gasteiger partial charge is 0.211 e. The Kier molecular flexibility index (Phi) is 2.95. The average Bonchev–Trinajstić information content (AvgIpc) is 3.01. The van der Waals surface area contributed by atoms with Gasteiger partial charge in [0, 0.05) is 0 Å².